The predicted molar refractivity (Wildman–Crippen MR) is 76.6 cm³/mol. The molecule has 0 heterocycles. The number of carbonyl (C=O) groups excluding carboxylic acids is 1. The maximum Gasteiger partial charge on any atom is 0.224 e. The van der Waals surface area contributed by atoms with Crippen LogP contribution in [0.1, 0.15) is 38.8 Å². The Kier molecular flexibility index (Phi) is 4.71. The number of carbonyl (C=O) groups is 1. The van der Waals surface area contributed by atoms with E-state index >= 15 is 0 Å². The number of nitrogens with two attached hydrogens (primary N) is 1. The van der Waals surface area contributed by atoms with Gasteiger partial charge in [-0.15, -0.1) is 0 Å². The first-order chi connectivity index (χ1) is 8.67. The van der Waals surface area contributed by atoms with Gasteiger partial charge in [0, 0.05) is 6.54 Å². The van der Waals surface area contributed by atoms with Gasteiger partial charge in [-0.3, -0.25) is 4.79 Å². The maximum atomic E-state index is 12.1. The second-order valence-electron chi connectivity index (χ2n) is 5.88. The van der Waals surface area contributed by atoms with Crippen LogP contribution in [0.4, 0.5) is 0 Å². The minimum absolute atomic E-state index is 0.118. The van der Waals surface area contributed by atoms with Gasteiger partial charge in [0.1, 0.15) is 0 Å². The Hall–Kier alpha value is -1.39. The Morgan fingerprint density at radius 3 is 2.21 bits per heavy atom. The van der Waals surface area contributed by atoms with Gasteiger partial charge in [0.05, 0.1) is 17.6 Å². The average Bonchev–Trinajstić information content (AvgIpc) is 2.27. The highest BCUT2D eigenvalue weighted by atomic mass is 16.3. The molecule has 1 aromatic carbocycles. The van der Waals surface area contributed by atoms with Crippen molar-refractivity contribution in [3.05, 3.63) is 35.4 Å². The minimum atomic E-state index is -0.990. The van der Waals surface area contributed by atoms with E-state index in [0.717, 1.165) is 11.1 Å². The normalized spacial score (nSPS) is 12.3. The third kappa shape index (κ3) is 4.04. The summed E-state index contributed by atoms with van der Waals surface area (Å²) in [4.78, 5) is 12.1. The van der Waals surface area contributed by atoms with Gasteiger partial charge in [-0.1, -0.05) is 24.3 Å². The van der Waals surface area contributed by atoms with Gasteiger partial charge >= 0.3 is 0 Å². The minimum Gasteiger partial charge on any atom is -0.388 e. The Morgan fingerprint density at radius 2 is 1.74 bits per heavy atom. The van der Waals surface area contributed by atoms with Crippen LogP contribution >= 0.6 is 0 Å². The molecule has 0 fully saturated rings. The lowest BCUT2D eigenvalue weighted by Gasteiger charge is -2.38. The summed E-state index contributed by atoms with van der Waals surface area (Å²) in [7, 11) is 0. The zero-order chi connectivity index (χ0) is 14.7. The molecule has 0 aliphatic heterocycles. The average molecular weight is 264 g/mol. The summed E-state index contributed by atoms with van der Waals surface area (Å²) in [5, 5.41) is 12.9. The maximum absolute atomic E-state index is 12.1. The van der Waals surface area contributed by atoms with Crippen molar-refractivity contribution in [2.75, 3.05) is 0 Å². The van der Waals surface area contributed by atoms with E-state index in [4.69, 9.17) is 5.73 Å². The lowest BCUT2D eigenvalue weighted by Crippen LogP contribution is -2.58. The lowest BCUT2D eigenvalue weighted by atomic mass is 9.85. The van der Waals surface area contributed by atoms with Crippen molar-refractivity contribution in [1.29, 1.82) is 0 Å². The first-order valence-corrected chi connectivity index (χ1v) is 6.47. The van der Waals surface area contributed by atoms with Gasteiger partial charge in [0.2, 0.25) is 5.91 Å². The first-order valence-electron chi connectivity index (χ1n) is 6.47. The van der Waals surface area contributed by atoms with Gasteiger partial charge in [0.25, 0.3) is 0 Å². The molecule has 4 nitrogen and oxygen atoms in total. The van der Waals surface area contributed by atoms with Crippen molar-refractivity contribution >= 4 is 5.91 Å². The van der Waals surface area contributed by atoms with Gasteiger partial charge in [-0.25, -0.2) is 0 Å². The van der Waals surface area contributed by atoms with Crippen molar-refractivity contribution < 1.29 is 9.90 Å². The van der Waals surface area contributed by atoms with Crippen molar-refractivity contribution in [3.8, 4) is 0 Å². The molecule has 19 heavy (non-hydrogen) atoms. The molecule has 0 spiro atoms. The summed E-state index contributed by atoms with van der Waals surface area (Å²) in [6.07, 6.45) is 0.271. The largest absolute Gasteiger partial charge is 0.388 e. The van der Waals surface area contributed by atoms with E-state index in [1.54, 1.807) is 27.7 Å². The Labute approximate surface area is 115 Å². The summed E-state index contributed by atoms with van der Waals surface area (Å²) in [5.41, 5.74) is 5.86. The quantitative estimate of drug-likeness (QED) is 0.751. The van der Waals surface area contributed by atoms with Crippen LogP contribution in [-0.4, -0.2) is 22.2 Å². The summed E-state index contributed by atoms with van der Waals surface area (Å²) >= 11 is 0. The molecule has 0 unspecified atom stereocenters. The van der Waals surface area contributed by atoms with Gasteiger partial charge in [-0.2, -0.15) is 0 Å². The summed E-state index contributed by atoms with van der Waals surface area (Å²) in [6, 6.07) is 7.62. The molecule has 0 aromatic heterocycles. The number of rotatable bonds is 5. The summed E-state index contributed by atoms with van der Waals surface area (Å²) in [6.45, 7) is 7.39. The van der Waals surface area contributed by atoms with E-state index in [1.807, 2.05) is 24.3 Å². The number of hydrogen-bond donors (Lipinski definition) is 3. The van der Waals surface area contributed by atoms with E-state index < -0.39 is 11.1 Å². The monoisotopic (exact) mass is 264 g/mol. The summed E-state index contributed by atoms with van der Waals surface area (Å²) < 4.78 is 0. The molecule has 1 amide bonds. The van der Waals surface area contributed by atoms with Crippen molar-refractivity contribution in [1.82, 2.24) is 5.32 Å². The molecular formula is C15H24N2O2. The van der Waals surface area contributed by atoms with Gasteiger partial charge in [0.15, 0.2) is 0 Å². The number of nitrogens with one attached hydrogen (secondary N) is 1. The standard InChI is InChI=1S/C15H24N2O2/c1-14(2,15(3,4)19)17-13(18)9-11-7-5-6-8-12(11)10-16/h5-8,19H,9-10,16H2,1-4H3,(H,17,18). The molecule has 1 rings (SSSR count). The molecule has 0 atom stereocenters. The van der Waals surface area contributed by atoms with Crippen LogP contribution in [0.25, 0.3) is 0 Å². The second-order valence-corrected chi connectivity index (χ2v) is 5.88. The van der Waals surface area contributed by atoms with Crippen LogP contribution in [-0.2, 0) is 17.8 Å². The fourth-order valence-corrected chi connectivity index (χ4v) is 1.65. The van der Waals surface area contributed by atoms with E-state index in [1.165, 1.54) is 0 Å². The molecule has 1 aromatic rings. The zero-order valence-electron chi connectivity index (χ0n) is 12.2. The van der Waals surface area contributed by atoms with E-state index in [2.05, 4.69) is 5.32 Å². The zero-order valence-corrected chi connectivity index (χ0v) is 12.2. The Morgan fingerprint density at radius 1 is 1.21 bits per heavy atom. The molecular weight excluding hydrogens is 240 g/mol. The fourth-order valence-electron chi connectivity index (χ4n) is 1.65. The number of amides is 1. The van der Waals surface area contributed by atoms with Crippen LogP contribution in [0, 0.1) is 0 Å². The lowest BCUT2D eigenvalue weighted by molar-refractivity contribution is -0.125. The van der Waals surface area contributed by atoms with Crippen molar-refractivity contribution in [2.24, 2.45) is 5.73 Å². The second kappa shape index (κ2) is 5.72. The predicted octanol–water partition coefficient (Wildman–Crippen LogP) is 1.35. The smallest absolute Gasteiger partial charge is 0.224 e. The highest BCUT2D eigenvalue weighted by molar-refractivity contribution is 5.79. The van der Waals surface area contributed by atoms with Crippen LogP contribution in [0.2, 0.25) is 0 Å². The molecule has 0 saturated heterocycles. The molecule has 0 aliphatic carbocycles. The SMILES string of the molecule is CC(C)(O)C(C)(C)NC(=O)Cc1ccccc1CN. The number of aliphatic hydroxyl groups is 1. The van der Waals surface area contributed by atoms with E-state index in [-0.39, 0.29) is 12.3 Å². The highest BCUT2D eigenvalue weighted by Crippen LogP contribution is 2.20. The van der Waals surface area contributed by atoms with E-state index in [9.17, 15) is 9.90 Å². The number of benzene rings is 1. The third-order valence-electron chi connectivity index (χ3n) is 3.67. The van der Waals surface area contributed by atoms with Gasteiger partial charge in [-0.05, 0) is 38.8 Å². The van der Waals surface area contributed by atoms with Gasteiger partial charge < -0.3 is 16.2 Å². The topological polar surface area (TPSA) is 75.3 Å². The Balaban J connectivity index is 2.76. The van der Waals surface area contributed by atoms with E-state index in [0.29, 0.717) is 6.54 Å². The molecule has 0 aliphatic rings. The number of hydrogen-bond acceptors (Lipinski definition) is 3. The first kappa shape index (κ1) is 15.7. The molecule has 0 bridgehead atoms. The molecule has 0 saturated carbocycles. The van der Waals surface area contributed by atoms with Crippen LogP contribution in [0.5, 0.6) is 0 Å². The van der Waals surface area contributed by atoms with Crippen LogP contribution in [0.15, 0.2) is 24.3 Å². The molecule has 0 radical (unpaired) electrons. The molecule has 4 N–H and O–H groups in total. The summed E-state index contributed by atoms with van der Waals surface area (Å²) in [5.74, 6) is -0.118. The molecule has 4 heteroatoms. The van der Waals surface area contributed by atoms with Crippen molar-refractivity contribution in [3.63, 3.8) is 0 Å². The molecule has 106 valence electrons. The Bertz CT molecular complexity index is 448. The van der Waals surface area contributed by atoms with Crippen LogP contribution in [0.3, 0.4) is 0 Å². The highest BCUT2D eigenvalue weighted by Gasteiger charge is 2.36. The third-order valence-corrected chi connectivity index (χ3v) is 3.67. The van der Waals surface area contributed by atoms with Crippen LogP contribution < -0.4 is 11.1 Å². The van der Waals surface area contributed by atoms with Crippen molar-refractivity contribution in [2.45, 2.75) is 51.8 Å². The fraction of sp³-hybridized carbons (Fsp3) is 0.533.